The van der Waals surface area contributed by atoms with Crippen LogP contribution in [0.4, 0.5) is 9.59 Å². The van der Waals surface area contributed by atoms with E-state index >= 15 is 0 Å². The van der Waals surface area contributed by atoms with Crippen LogP contribution in [0.3, 0.4) is 0 Å². The predicted molar refractivity (Wildman–Crippen MR) is 528 cm³/mol. The number of alkyl carbamates (subject to hydrolysis) is 2. The van der Waals surface area contributed by atoms with E-state index < -0.39 is 132 Å². The number of benzene rings is 6. The maximum absolute atomic E-state index is 14.5. The molecule has 0 aromatic heterocycles. The molecule has 0 unspecified atom stereocenters. The van der Waals surface area contributed by atoms with Gasteiger partial charge < -0.3 is 71.5 Å². The van der Waals surface area contributed by atoms with Gasteiger partial charge >= 0.3 is 30.1 Å². The first-order valence-electron chi connectivity index (χ1n) is 49.7. The van der Waals surface area contributed by atoms with Crippen molar-refractivity contribution < 1.29 is 110 Å². The summed E-state index contributed by atoms with van der Waals surface area (Å²) in [4.78, 5) is 219. The molecule has 764 valence electrons. The van der Waals surface area contributed by atoms with Gasteiger partial charge in [-0.25, -0.2) is 34.1 Å². The van der Waals surface area contributed by atoms with E-state index in [0.29, 0.717) is 114 Å². The van der Waals surface area contributed by atoms with E-state index in [9.17, 15) is 81.8 Å². The van der Waals surface area contributed by atoms with E-state index in [4.69, 9.17) is 24.9 Å². The van der Waals surface area contributed by atoms with Crippen LogP contribution in [0.1, 0.15) is 245 Å². The highest BCUT2D eigenvalue weighted by molar-refractivity contribution is 6.02. The fourth-order valence-electron chi connectivity index (χ4n) is 16.6. The van der Waals surface area contributed by atoms with Crippen LogP contribution in [0.5, 0.6) is 0 Å². The summed E-state index contributed by atoms with van der Waals surface area (Å²) < 4.78 is 19.4. The minimum atomic E-state index is -1.11. The number of esters is 2. The lowest BCUT2D eigenvalue weighted by Crippen LogP contribution is -2.60. The number of nitrogens with two attached hydrogens (primary N) is 1. The number of aliphatic carboxylic acids is 1. The molecule has 4 aliphatic rings. The number of hydrogen-bond acceptors (Lipinski definition) is 23. The Labute approximate surface area is 826 Å². The van der Waals surface area contributed by atoms with Crippen molar-refractivity contribution in [2.45, 2.75) is 270 Å². The van der Waals surface area contributed by atoms with E-state index in [1.54, 1.807) is 38.1 Å². The summed E-state index contributed by atoms with van der Waals surface area (Å²) in [5.41, 5.74) is 14.3. The third-order valence-electron chi connectivity index (χ3n) is 25.2. The second-order valence-corrected chi connectivity index (χ2v) is 36.2. The van der Waals surface area contributed by atoms with Gasteiger partial charge in [0, 0.05) is 68.4 Å². The van der Waals surface area contributed by atoms with E-state index in [1.165, 1.54) is 35.1 Å². The molecule has 6 aromatic rings. The van der Waals surface area contributed by atoms with Crippen LogP contribution in [0.25, 0.3) is 22.3 Å². The number of β-lactam (4-membered cyclic amide) rings is 2. The molecule has 10 rings (SSSR count). The fourth-order valence-corrected chi connectivity index (χ4v) is 16.6. The highest BCUT2D eigenvalue weighted by Crippen LogP contribution is 2.30. The molecule has 141 heavy (non-hydrogen) atoms. The summed E-state index contributed by atoms with van der Waals surface area (Å²) in [5, 5.41) is 28.5. The van der Waals surface area contributed by atoms with Crippen LogP contribution in [-0.2, 0) is 112 Å². The number of Topliss-reactive ketones (excluding diaryl/α,β-unsaturated/α-hetero) is 3. The number of carbonyl (C=O) groups excluding carboxylic acids is 15. The van der Waals surface area contributed by atoms with E-state index in [1.807, 2.05) is 98.8 Å². The zero-order valence-electron chi connectivity index (χ0n) is 82.7. The smallest absolute Gasteiger partial charge is 0.407 e. The lowest BCUT2D eigenvalue weighted by atomic mass is 9.90. The first-order valence-corrected chi connectivity index (χ1v) is 49.7. The minimum absolute atomic E-state index is 0.116. The largest absolute Gasteiger partial charge is 0.480 e. The fraction of sp³-hybridized carbons (Fsp3) is 0.514. The molecule has 9 N–H and O–H groups in total. The van der Waals surface area contributed by atoms with Crippen molar-refractivity contribution in [2.24, 2.45) is 23.5 Å². The molecule has 34 heteroatoms. The number of methoxy groups -OCH3 is 2. The number of aryl methyl sites for hydroxylation is 2. The molecule has 34 nitrogen and oxygen atoms in total. The third-order valence-corrected chi connectivity index (χ3v) is 25.2. The molecule has 0 radical (unpaired) electrons. The summed E-state index contributed by atoms with van der Waals surface area (Å²) in [5.74, 6) is -8.85. The highest BCUT2D eigenvalue weighted by Gasteiger charge is 2.44. The molecule has 0 aliphatic carbocycles. The average Bonchev–Trinajstić information content (AvgIpc) is 1.45. The Bertz CT molecular complexity index is 5050. The van der Waals surface area contributed by atoms with Gasteiger partial charge in [0.25, 0.3) is 23.6 Å². The van der Waals surface area contributed by atoms with E-state index in [2.05, 4.69) is 104 Å². The van der Waals surface area contributed by atoms with Crippen LogP contribution in [0.15, 0.2) is 158 Å². The van der Waals surface area contributed by atoms with Crippen molar-refractivity contribution in [1.82, 2.24) is 51.8 Å². The van der Waals surface area contributed by atoms with Crippen LogP contribution in [-0.4, -0.2) is 229 Å². The monoisotopic (exact) mass is 1950 g/mol. The van der Waals surface area contributed by atoms with Gasteiger partial charge in [0.2, 0.25) is 23.6 Å². The zero-order valence-corrected chi connectivity index (χ0v) is 82.7. The average molecular weight is 1950 g/mol. The molecule has 4 fully saturated rings. The summed E-state index contributed by atoms with van der Waals surface area (Å²) in [6, 6.07) is 44.0. The van der Waals surface area contributed by atoms with Crippen LogP contribution < -0.4 is 37.6 Å². The maximum Gasteiger partial charge on any atom is 0.407 e. The number of carbonyl (C=O) groups is 16. The van der Waals surface area contributed by atoms with Crippen molar-refractivity contribution in [2.75, 3.05) is 66.7 Å². The second kappa shape index (κ2) is 60.8. The Morgan fingerprint density at radius 2 is 0.794 bits per heavy atom. The van der Waals surface area contributed by atoms with Gasteiger partial charge in [-0.05, 0) is 172 Å². The molecule has 4 aliphatic heterocycles. The molecule has 4 saturated heterocycles. The Hall–Kier alpha value is -13.1. The molecule has 4 heterocycles. The molecular formula is C107H143N11O23. The number of rotatable bonds is 56. The first-order chi connectivity index (χ1) is 68.0. The zero-order chi connectivity index (χ0) is 102. The van der Waals surface area contributed by atoms with Gasteiger partial charge in [0.15, 0.2) is 30.6 Å². The predicted octanol–water partition coefficient (Wildman–Crippen LogP) is 13.0. The Morgan fingerprint density at radius 1 is 0.426 bits per heavy atom. The molecule has 0 bridgehead atoms. The first kappa shape index (κ1) is 113. The van der Waals surface area contributed by atoms with Gasteiger partial charge in [-0.15, -0.1) is 0 Å². The van der Waals surface area contributed by atoms with Gasteiger partial charge in [0.1, 0.15) is 37.4 Å². The maximum atomic E-state index is 14.5. The summed E-state index contributed by atoms with van der Waals surface area (Å²) in [6.45, 7) is 12.8. The number of nitrogens with zero attached hydrogens (tertiary/aromatic N) is 4. The van der Waals surface area contributed by atoms with Crippen molar-refractivity contribution in [3.05, 3.63) is 191 Å². The summed E-state index contributed by atoms with van der Waals surface area (Å²) in [6.07, 6.45) is 14.9. The van der Waals surface area contributed by atoms with Gasteiger partial charge in [-0.3, -0.25) is 62.4 Å². The van der Waals surface area contributed by atoms with Crippen LogP contribution in [0.2, 0.25) is 0 Å². The number of amides is 10. The number of carboxylic acid groups (broad SMARTS) is 1. The number of ether oxygens (including phenoxy) is 4. The molecular weight excluding hydrogens is 1810 g/mol. The molecule has 10 amide bonds. The minimum Gasteiger partial charge on any atom is -0.480 e. The number of hydrogen-bond donors (Lipinski definition) is 8. The summed E-state index contributed by atoms with van der Waals surface area (Å²) in [7, 11) is 2.45. The Balaban J connectivity index is 0.000000311. The number of likely N-dealkylation sites (tertiary alicyclic amines) is 2. The second-order valence-electron chi connectivity index (χ2n) is 36.2. The number of carboxylic acids is 1. The lowest BCUT2D eigenvalue weighted by Gasteiger charge is -2.36. The molecule has 0 saturated carbocycles. The number of ketones is 3. The van der Waals surface area contributed by atoms with Crippen molar-refractivity contribution in [3.63, 3.8) is 0 Å². The van der Waals surface area contributed by atoms with E-state index in [-0.39, 0.29) is 94.2 Å². The summed E-state index contributed by atoms with van der Waals surface area (Å²) >= 11 is 0. The number of hydroxylamine groups is 4. The molecule has 6 aromatic carbocycles. The topological polar surface area (TPSA) is 460 Å². The standard InChI is InChI=1S/C54H71N5O11.C47H62N4O8.C6H10N2O4/c1-5-7-10-19-44(47(60)33-43-34-59(52(43)65)70-36-49(62)68-4)56-50(63)37(3)32-48(61)46-21-15-31-58(46)53(66)45(20-13-14-30-55-54(67)69-35-39-17-11-9-12-18-39)57-51(64)42-28-26-41(27-29-42)40-24-22-38(23-25-40)16-8-6-2;1-4-6-9-19-40(46(56)57)50-43(53)33(3)31-42(52)41-20-14-30-51(41)45(55)39(18-12-13-29-48-47(58)59-32-35-16-10-8-11-17-35)49-44(54)38-27-25-37(26-28-38)36-23-21-34(22-24-36)15-7-5-2;1-11-5(9)3-12-8-2-4(7)6(8)10/h9,11-12,17-18,22-29,37,43-46H,5-8,10,13-16,19-21,30-36H2,1-4H3,(H,55,67)(H,56,63)(H,57,64);8,10-11,16-17,21-28,33,39-41H,4-7,9,12-15,18-20,29-32H2,1-3H3,(H,48,58)(H,49,54)(H,50,53)(H,56,57);4H,2-3,7H2,1H3/t37-,43-,44+,45+,46+;33-,39+,40+,41+;4-/m111/s1. The third kappa shape index (κ3) is 37.8. The lowest BCUT2D eigenvalue weighted by molar-refractivity contribution is -0.223. The van der Waals surface area contributed by atoms with Crippen molar-refractivity contribution in [1.29, 1.82) is 0 Å². The van der Waals surface area contributed by atoms with Crippen LogP contribution >= 0.6 is 0 Å². The normalized spacial score (nSPS) is 16.4. The van der Waals surface area contributed by atoms with Gasteiger partial charge in [0.05, 0.1) is 51.4 Å². The van der Waals surface area contributed by atoms with Crippen molar-refractivity contribution in [3.8, 4) is 22.3 Å². The molecule has 0 spiro atoms. The van der Waals surface area contributed by atoms with Gasteiger partial charge in [-0.2, -0.15) is 0 Å². The SMILES string of the molecule is CCCCC[C@H](NC(=O)[C@H](C)CC(=O)[C@@H]1CCCN1C(=O)[C@H](CCCCNC(=O)OCc1ccccc1)NC(=O)c1ccc(-c2ccc(CCCC)cc2)cc1)C(=O)C[C@@H]1CN(OCC(=O)OC)C1=O.CCCCC[C@H](NC(=O)[C@H](C)CC(=O)[C@@H]1CCCN1C(=O)[C@H](CCCCNC(=O)OCc1ccccc1)NC(=O)c1ccc(-c2ccc(CCCC)cc2)cc1)C(=O)O.COC(=O)CON1C[C@@H](N)C1=O. The van der Waals surface area contributed by atoms with Crippen LogP contribution in [0, 0.1) is 17.8 Å². The van der Waals surface area contributed by atoms with Gasteiger partial charge in [-0.1, -0.05) is 226 Å². The highest BCUT2D eigenvalue weighted by atomic mass is 16.7. The quantitative estimate of drug-likeness (QED) is 0.00761. The van der Waals surface area contributed by atoms with E-state index in [0.717, 1.165) is 108 Å². The Kier molecular flexibility index (Phi) is 48.8. The molecule has 10 atom stereocenters. The number of nitrogens with one attached hydrogen (secondary N) is 6. The van der Waals surface area contributed by atoms with Crippen molar-refractivity contribution >= 4 is 94.7 Å². The Morgan fingerprint density at radius 3 is 1.16 bits per heavy atom. The number of unbranched alkanes of at least 4 members (excludes halogenated alkanes) is 8.